The number of benzene rings is 3. The first-order chi connectivity index (χ1) is 14.1. The van der Waals surface area contributed by atoms with E-state index >= 15 is 0 Å². The van der Waals surface area contributed by atoms with E-state index in [-0.39, 0.29) is 18.3 Å². The van der Waals surface area contributed by atoms with Crippen molar-refractivity contribution in [2.75, 3.05) is 0 Å². The highest BCUT2D eigenvalue weighted by Gasteiger charge is 2.51. The van der Waals surface area contributed by atoms with Gasteiger partial charge in [0.2, 0.25) is 0 Å². The van der Waals surface area contributed by atoms with Gasteiger partial charge in [0.15, 0.2) is 0 Å². The Hall–Kier alpha value is -2.14. The highest BCUT2D eigenvalue weighted by molar-refractivity contribution is 7.03. The monoisotopic (exact) mass is 412 g/mol. The van der Waals surface area contributed by atoms with E-state index in [1.165, 1.54) is 27.4 Å². The van der Waals surface area contributed by atoms with Gasteiger partial charge in [-0.15, -0.1) is 0 Å². The fourth-order valence-corrected chi connectivity index (χ4v) is 7.80. The zero-order valence-electron chi connectivity index (χ0n) is 18.7. The summed E-state index contributed by atoms with van der Waals surface area (Å²) in [6.45, 7) is 13.3. The SMILES string of the molecule is CC1(C)OB(c2ccc(-c3ccc4c(c3)[Si](C)(C)c3ccccc3-4)cc2)OC1(C)C. The summed E-state index contributed by atoms with van der Waals surface area (Å²) < 4.78 is 12.4. The molecule has 0 atom stereocenters. The van der Waals surface area contributed by atoms with Gasteiger partial charge in [0, 0.05) is 0 Å². The Balaban J connectivity index is 1.47. The van der Waals surface area contributed by atoms with Crippen LogP contribution in [0.5, 0.6) is 0 Å². The van der Waals surface area contributed by atoms with Gasteiger partial charge >= 0.3 is 7.12 Å². The van der Waals surface area contributed by atoms with E-state index < -0.39 is 8.07 Å². The molecule has 0 radical (unpaired) electrons. The molecule has 4 heteroatoms. The first kappa shape index (κ1) is 19.8. The summed E-state index contributed by atoms with van der Waals surface area (Å²) in [5.41, 5.74) is 5.79. The summed E-state index contributed by atoms with van der Waals surface area (Å²) in [4.78, 5) is 0. The van der Waals surface area contributed by atoms with Gasteiger partial charge in [-0.05, 0) is 65.8 Å². The van der Waals surface area contributed by atoms with Crippen LogP contribution in [0.25, 0.3) is 22.3 Å². The summed E-state index contributed by atoms with van der Waals surface area (Å²) in [6, 6.07) is 24.6. The standard InChI is InChI=1S/C26H29BO2Si/c1-25(2)26(3,4)29-27(28-25)20-14-11-18(12-15-20)19-13-16-22-21-9-7-8-10-23(21)30(5,6)24(22)17-19/h7-17H,1-6H3. The lowest BCUT2D eigenvalue weighted by Gasteiger charge is -2.32. The summed E-state index contributed by atoms with van der Waals surface area (Å²) in [6.07, 6.45) is 0. The van der Waals surface area contributed by atoms with E-state index in [1.807, 2.05) is 0 Å². The van der Waals surface area contributed by atoms with Crippen LogP contribution >= 0.6 is 0 Å². The molecule has 0 aromatic heterocycles. The average Bonchev–Trinajstić information content (AvgIpc) is 3.08. The lowest BCUT2D eigenvalue weighted by molar-refractivity contribution is 0.00578. The van der Waals surface area contributed by atoms with E-state index in [9.17, 15) is 0 Å². The highest BCUT2D eigenvalue weighted by atomic mass is 28.3. The molecule has 0 saturated carbocycles. The summed E-state index contributed by atoms with van der Waals surface area (Å²) in [5, 5.41) is 3.09. The fourth-order valence-electron chi connectivity index (χ4n) is 4.70. The molecule has 2 aliphatic rings. The number of rotatable bonds is 2. The number of hydrogen-bond donors (Lipinski definition) is 0. The van der Waals surface area contributed by atoms with E-state index in [1.54, 1.807) is 5.19 Å². The Kier molecular flexibility index (Phi) is 4.24. The second-order valence-electron chi connectivity index (χ2n) is 10.1. The van der Waals surface area contributed by atoms with Crippen molar-refractivity contribution >= 4 is 31.0 Å². The van der Waals surface area contributed by atoms with Gasteiger partial charge in [-0.25, -0.2) is 0 Å². The Labute approximate surface area is 181 Å². The van der Waals surface area contributed by atoms with Crippen LogP contribution in [-0.2, 0) is 9.31 Å². The molecule has 0 spiro atoms. The molecule has 2 heterocycles. The summed E-state index contributed by atoms with van der Waals surface area (Å²) in [7, 11) is -1.96. The molecule has 0 unspecified atom stereocenters. The van der Waals surface area contributed by atoms with Gasteiger partial charge in [0.05, 0.1) is 11.2 Å². The molecule has 1 saturated heterocycles. The first-order valence-electron chi connectivity index (χ1n) is 10.8. The van der Waals surface area contributed by atoms with Crippen molar-refractivity contribution in [3.8, 4) is 22.3 Å². The minimum absolute atomic E-state index is 0.315. The Bertz CT molecular complexity index is 1120. The molecule has 0 aliphatic carbocycles. The highest BCUT2D eigenvalue weighted by Crippen LogP contribution is 2.36. The predicted molar refractivity (Wildman–Crippen MR) is 130 cm³/mol. The molecule has 3 aromatic carbocycles. The van der Waals surface area contributed by atoms with Crippen molar-refractivity contribution < 1.29 is 9.31 Å². The van der Waals surface area contributed by atoms with Crippen molar-refractivity contribution in [1.82, 2.24) is 0 Å². The molecule has 5 rings (SSSR count). The third-order valence-corrected chi connectivity index (χ3v) is 10.9. The van der Waals surface area contributed by atoms with E-state index in [2.05, 4.69) is 108 Å². The fraction of sp³-hybridized carbons (Fsp3) is 0.308. The van der Waals surface area contributed by atoms with Gasteiger partial charge in [-0.2, -0.15) is 0 Å². The van der Waals surface area contributed by atoms with E-state index in [4.69, 9.17) is 9.31 Å². The van der Waals surface area contributed by atoms with Crippen LogP contribution in [0.3, 0.4) is 0 Å². The normalized spacial score (nSPS) is 20.1. The van der Waals surface area contributed by atoms with Crippen LogP contribution < -0.4 is 15.8 Å². The molecule has 0 N–H and O–H groups in total. The van der Waals surface area contributed by atoms with Crippen molar-refractivity contribution in [3.05, 3.63) is 66.7 Å². The van der Waals surface area contributed by atoms with Crippen LogP contribution in [0.4, 0.5) is 0 Å². The zero-order valence-corrected chi connectivity index (χ0v) is 19.7. The quantitative estimate of drug-likeness (QED) is 0.579. The van der Waals surface area contributed by atoms with Crippen molar-refractivity contribution in [3.63, 3.8) is 0 Å². The van der Waals surface area contributed by atoms with Crippen LogP contribution in [0.15, 0.2) is 66.7 Å². The second-order valence-corrected chi connectivity index (χ2v) is 14.5. The summed E-state index contributed by atoms with van der Waals surface area (Å²) >= 11 is 0. The second kappa shape index (κ2) is 6.43. The maximum atomic E-state index is 6.20. The first-order valence-corrected chi connectivity index (χ1v) is 13.8. The van der Waals surface area contributed by atoms with Gasteiger partial charge in [0.25, 0.3) is 0 Å². The largest absolute Gasteiger partial charge is 0.494 e. The summed E-state index contributed by atoms with van der Waals surface area (Å²) in [5.74, 6) is 0. The molecular formula is C26H29BO2Si. The van der Waals surface area contributed by atoms with Crippen molar-refractivity contribution in [2.24, 2.45) is 0 Å². The third kappa shape index (κ3) is 2.85. The average molecular weight is 412 g/mol. The lowest BCUT2D eigenvalue weighted by Crippen LogP contribution is -2.49. The minimum atomic E-state index is -1.65. The predicted octanol–water partition coefficient (Wildman–Crippen LogP) is 4.46. The molecule has 2 aliphatic heterocycles. The van der Waals surface area contributed by atoms with Gasteiger partial charge in [0.1, 0.15) is 8.07 Å². The van der Waals surface area contributed by atoms with Crippen LogP contribution in [0.2, 0.25) is 13.1 Å². The molecule has 30 heavy (non-hydrogen) atoms. The molecule has 0 bridgehead atoms. The van der Waals surface area contributed by atoms with Crippen LogP contribution in [0, 0.1) is 0 Å². The number of fused-ring (bicyclic) bond motifs is 3. The zero-order chi connectivity index (χ0) is 21.3. The van der Waals surface area contributed by atoms with Crippen LogP contribution in [-0.4, -0.2) is 26.4 Å². The third-order valence-electron chi connectivity index (χ3n) is 7.35. The molecule has 3 aromatic rings. The molecule has 1 fully saturated rings. The molecular weight excluding hydrogens is 383 g/mol. The maximum absolute atomic E-state index is 6.20. The Morgan fingerprint density at radius 2 is 1.23 bits per heavy atom. The van der Waals surface area contributed by atoms with Crippen LogP contribution in [0.1, 0.15) is 27.7 Å². The topological polar surface area (TPSA) is 18.5 Å². The molecule has 0 amide bonds. The van der Waals surface area contributed by atoms with E-state index in [0.29, 0.717) is 0 Å². The maximum Gasteiger partial charge on any atom is 0.494 e. The number of hydrogen-bond acceptors (Lipinski definition) is 2. The Morgan fingerprint density at radius 1 is 0.667 bits per heavy atom. The van der Waals surface area contributed by atoms with Gasteiger partial charge in [-0.1, -0.05) is 79.8 Å². The molecule has 152 valence electrons. The smallest absolute Gasteiger partial charge is 0.399 e. The van der Waals surface area contributed by atoms with Gasteiger partial charge in [-0.3, -0.25) is 0 Å². The van der Waals surface area contributed by atoms with Crippen molar-refractivity contribution in [2.45, 2.75) is 52.0 Å². The Morgan fingerprint density at radius 3 is 1.90 bits per heavy atom. The molecule has 2 nitrogen and oxygen atoms in total. The lowest BCUT2D eigenvalue weighted by atomic mass is 9.78. The van der Waals surface area contributed by atoms with Gasteiger partial charge < -0.3 is 9.31 Å². The van der Waals surface area contributed by atoms with Crippen molar-refractivity contribution in [1.29, 1.82) is 0 Å². The van der Waals surface area contributed by atoms with E-state index in [0.717, 1.165) is 5.46 Å². The minimum Gasteiger partial charge on any atom is -0.399 e.